The molecule has 0 saturated heterocycles. The molecule has 11 nitrogen and oxygen atoms in total. The van der Waals surface area contributed by atoms with Crippen molar-refractivity contribution in [2.24, 2.45) is 5.73 Å². The van der Waals surface area contributed by atoms with Gasteiger partial charge in [-0.15, -0.1) is 0 Å². The van der Waals surface area contributed by atoms with E-state index in [2.05, 4.69) is 19.9 Å². The van der Waals surface area contributed by atoms with Gasteiger partial charge in [-0.1, -0.05) is 12.1 Å². The molecule has 190 valence electrons. The van der Waals surface area contributed by atoms with E-state index >= 15 is 0 Å². The average Bonchev–Trinajstić information content (AvgIpc) is 3.32. The van der Waals surface area contributed by atoms with Gasteiger partial charge in [0.15, 0.2) is 11.6 Å². The van der Waals surface area contributed by atoms with Gasteiger partial charge in [0, 0.05) is 43.4 Å². The van der Waals surface area contributed by atoms with Crippen molar-refractivity contribution in [1.29, 1.82) is 0 Å². The molecule has 1 aliphatic carbocycles. The Bertz CT molecular complexity index is 1330. The monoisotopic (exact) mass is 500 g/mol. The summed E-state index contributed by atoms with van der Waals surface area (Å²) in [4.78, 5) is 30.8. The topological polar surface area (TPSA) is 139 Å². The first-order chi connectivity index (χ1) is 17.1. The van der Waals surface area contributed by atoms with Crippen LogP contribution in [-0.4, -0.2) is 81.6 Å². The minimum absolute atomic E-state index is 0.110. The maximum atomic E-state index is 13.5. The number of halogens is 2. The van der Waals surface area contributed by atoms with Gasteiger partial charge < -0.3 is 25.3 Å². The van der Waals surface area contributed by atoms with E-state index in [0.717, 1.165) is 17.0 Å². The number of H-pyrrole nitrogens is 1. The summed E-state index contributed by atoms with van der Waals surface area (Å²) in [6, 6.07) is 7.38. The third-order valence-corrected chi connectivity index (χ3v) is 5.95. The van der Waals surface area contributed by atoms with Crippen LogP contribution in [-0.2, 0) is 10.3 Å². The van der Waals surface area contributed by atoms with E-state index in [1.54, 1.807) is 24.2 Å². The van der Waals surface area contributed by atoms with Crippen LogP contribution in [0.4, 0.5) is 8.78 Å². The Balaban J connectivity index is 1.81. The Kier molecular flexibility index (Phi) is 7.06. The third-order valence-electron chi connectivity index (χ3n) is 5.95. The number of benzene rings is 1. The van der Waals surface area contributed by atoms with Gasteiger partial charge in [0.2, 0.25) is 0 Å². The van der Waals surface area contributed by atoms with Gasteiger partial charge in [-0.2, -0.15) is 8.78 Å². The first kappa shape index (κ1) is 25.3. The molecule has 1 aromatic carbocycles. The molecule has 2 heterocycles. The van der Waals surface area contributed by atoms with Gasteiger partial charge in [0.1, 0.15) is 23.7 Å². The van der Waals surface area contributed by atoms with Crippen LogP contribution in [0.25, 0.3) is 22.3 Å². The second kappa shape index (κ2) is 10.0. The van der Waals surface area contributed by atoms with Gasteiger partial charge >= 0.3 is 6.61 Å². The normalized spacial score (nSPS) is 20.1. The number of aromatic nitrogens is 4. The molecule has 0 radical (unpaired) electrons. The van der Waals surface area contributed by atoms with Crippen LogP contribution >= 0.6 is 0 Å². The Hall–Kier alpha value is -3.81. The van der Waals surface area contributed by atoms with Crippen molar-refractivity contribution in [3.05, 3.63) is 76.3 Å². The van der Waals surface area contributed by atoms with Crippen molar-refractivity contribution in [3.8, 4) is 11.4 Å². The van der Waals surface area contributed by atoms with Crippen LogP contribution < -0.4 is 5.73 Å². The fourth-order valence-corrected chi connectivity index (χ4v) is 4.05. The number of hydrogen-bond donors (Lipinski definition) is 2. The van der Waals surface area contributed by atoms with Gasteiger partial charge in [0.25, 0.3) is 5.70 Å². The van der Waals surface area contributed by atoms with Gasteiger partial charge in [-0.25, -0.2) is 15.0 Å². The lowest BCUT2D eigenvalue weighted by atomic mass is 9.85. The minimum Gasteiger partial charge on any atom is -0.368 e. The first-order valence-electron chi connectivity index (χ1n) is 11.0. The zero-order valence-electron chi connectivity index (χ0n) is 19.9. The van der Waals surface area contributed by atoms with E-state index in [0.29, 0.717) is 18.7 Å². The fraction of sp³-hybridized carbons (Fsp3) is 0.348. The number of nitro groups is 1. The van der Waals surface area contributed by atoms with Crippen molar-refractivity contribution in [2.75, 3.05) is 34.2 Å². The molecule has 0 aliphatic heterocycles. The Morgan fingerprint density at radius 2 is 2.03 bits per heavy atom. The second-order valence-electron chi connectivity index (χ2n) is 8.69. The highest BCUT2D eigenvalue weighted by molar-refractivity contribution is 5.92. The zero-order valence-corrected chi connectivity index (χ0v) is 19.9. The van der Waals surface area contributed by atoms with Crippen molar-refractivity contribution < 1.29 is 18.4 Å². The summed E-state index contributed by atoms with van der Waals surface area (Å²) in [7, 11) is 5.34. The number of nitrogens with zero attached hydrogens (tertiary/aromatic N) is 6. The van der Waals surface area contributed by atoms with E-state index in [4.69, 9.17) is 10.5 Å². The van der Waals surface area contributed by atoms with Crippen LogP contribution in [0.15, 0.2) is 60.3 Å². The summed E-state index contributed by atoms with van der Waals surface area (Å²) in [5.74, 6) is 0.0786. The van der Waals surface area contributed by atoms with E-state index in [1.165, 1.54) is 12.4 Å². The number of para-hydroxylation sites is 1. The fourth-order valence-electron chi connectivity index (χ4n) is 4.05. The standard InChI is InChI=1S/C23H26F2N8O3/c1-31(2)9-10-32(3)16-11-18(36-22(24)25)23(26,12-17(16)33(34)35)21-29-13-28-20(30-21)15-6-4-5-14-7-8-27-19(14)15/h4-8,11-13,18,22,27H,9-10,26H2,1-3H3. The van der Waals surface area contributed by atoms with Crippen LogP contribution in [0.1, 0.15) is 5.82 Å². The quantitative estimate of drug-likeness (QED) is 0.335. The molecule has 2 atom stereocenters. The van der Waals surface area contributed by atoms with E-state index in [9.17, 15) is 18.9 Å². The summed E-state index contributed by atoms with van der Waals surface area (Å²) < 4.78 is 31.8. The smallest absolute Gasteiger partial charge is 0.345 e. The molecular formula is C23H26F2N8O3. The maximum Gasteiger partial charge on any atom is 0.345 e. The van der Waals surface area contributed by atoms with E-state index < -0.39 is 23.2 Å². The number of rotatable bonds is 9. The first-order valence-corrected chi connectivity index (χ1v) is 11.0. The second-order valence-corrected chi connectivity index (χ2v) is 8.69. The molecule has 13 heteroatoms. The van der Waals surface area contributed by atoms with Crippen LogP contribution in [0, 0.1) is 10.1 Å². The lowest BCUT2D eigenvalue weighted by Gasteiger charge is -2.36. The van der Waals surface area contributed by atoms with Crippen molar-refractivity contribution >= 4 is 10.9 Å². The van der Waals surface area contributed by atoms with Crippen LogP contribution in [0.5, 0.6) is 0 Å². The summed E-state index contributed by atoms with van der Waals surface area (Å²) in [6.45, 7) is -2.21. The molecule has 0 fully saturated rings. The van der Waals surface area contributed by atoms with Crippen molar-refractivity contribution in [1.82, 2.24) is 29.7 Å². The number of hydrogen-bond acceptors (Lipinski definition) is 9. The van der Waals surface area contributed by atoms with Crippen LogP contribution in [0.2, 0.25) is 0 Å². The van der Waals surface area contributed by atoms with Gasteiger partial charge in [0.05, 0.1) is 10.4 Å². The minimum atomic E-state index is -3.19. The molecule has 36 heavy (non-hydrogen) atoms. The van der Waals surface area contributed by atoms with E-state index in [1.807, 2.05) is 37.2 Å². The average molecular weight is 501 g/mol. The Morgan fingerprint density at radius 3 is 2.72 bits per heavy atom. The predicted octanol–water partition coefficient (Wildman–Crippen LogP) is 2.33. The summed E-state index contributed by atoms with van der Waals surface area (Å²) in [5, 5.41) is 12.9. The molecule has 4 rings (SSSR count). The molecule has 2 aromatic heterocycles. The number of alkyl halides is 2. The number of ether oxygens (including phenoxy) is 1. The molecule has 0 amide bonds. The largest absolute Gasteiger partial charge is 0.368 e. The molecule has 3 N–H and O–H groups in total. The molecule has 3 aromatic rings. The highest BCUT2D eigenvalue weighted by Gasteiger charge is 2.46. The molecule has 0 bridgehead atoms. The van der Waals surface area contributed by atoms with E-state index in [-0.39, 0.29) is 23.0 Å². The Labute approximate surface area is 205 Å². The van der Waals surface area contributed by atoms with Crippen molar-refractivity contribution in [3.63, 3.8) is 0 Å². The predicted molar refractivity (Wildman–Crippen MR) is 128 cm³/mol. The molecule has 0 spiro atoms. The van der Waals surface area contributed by atoms with Gasteiger partial charge in [-0.05, 0) is 32.3 Å². The molecule has 1 aliphatic rings. The van der Waals surface area contributed by atoms with Gasteiger partial charge in [-0.3, -0.25) is 10.1 Å². The molecule has 2 unspecified atom stereocenters. The Morgan fingerprint density at radius 1 is 1.25 bits per heavy atom. The molecule has 0 saturated carbocycles. The number of aromatic amines is 1. The summed E-state index contributed by atoms with van der Waals surface area (Å²) in [6.07, 6.45) is 3.77. The van der Waals surface area contributed by atoms with Crippen molar-refractivity contribution in [2.45, 2.75) is 18.3 Å². The SMILES string of the molecule is CN(C)CCN(C)C1=CC(OC(F)F)C(N)(c2ncnc(-c3cccc4cc[nH]c34)n2)C=C1[N+](=O)[O-]. The maximum absolute atomic E-state index is 13.5. The number of nitrogens with one attached hydrogen (secondary N) is 1. The summed E-state index contributed by atoms with van der Waals surface area (Å²) in [5.41, 5.74) is 5.73. The third kappa shape index (κ3) is 4.94. The highest BCUT2D eigenvalue weighted by atomic mass is 19.3. The number of likely N-dealkylation sites (N-methyl/N-ethyl adjacent to an activating group) is 2. The lowest BCUT2D eigenvalue weighted by molar-refractivity contribution is -0.423. The summed E-state index contributed by atoms with van der Waals surface area (Å²) >= 11 is 0. The number of fused-ring (bicyclic) bond motifs is 1. The van der Waals surface area contributed by atoms with Crippen LogP contribution in [0.3, 0.4) is 0 Å². The zero-order chi connectivity index (χ0) is 26.0. The number of nitrogens with two attached hydrogens (primary N) is 1. The lowest BCUT2D eigenvalue weighted by Crippen LogP contribution is -2.52. The molecular weight excluding hydrogens is 474 g/mol. The highest BCUT2D eigenvalue weighted by Crippen LogP contribution is 2.36.